The zero-order valence-corrected chi connectivity index (χ0v) is 16.7. The van der Waals surface area contributed by atoms with E-state index in [1.54, 1.807) is 14.2 Å². The molecule has 3 heterocycles. The van der Waals surface area contributed by atoms with Crippen molar-refractivity contribution in [2.75, 3.05) is 39.3 Å². The summed E-state index contributed by atoms with van der Waals surface area (Å²) in [5.74, 6) is 3.06. The molecule has 0 saturated heterocycles. The molecular weight excluding hydrogens is 372 g/mol. The quantitative estimate of drug-likeness (QED) is 0.863. The van der Waals surface area contributed by atoms with Crippen molar-refractivity contribution in [3.05, 3.63) is 40.5 Å². The number of nitrogens with one attached hydrogen (secondary N) is 1. The molecule has 3 aliphatic heterocycles. The van der Waals surface area contributed by atoms with E-state index in [0.717, 1.165) is 58.9 Å². The van der Waals surface area contributed by atoms with Crippen LogP contribution < -0.4 is 24.3 Å². The number of hydrogen-bond donors (Lipinski definition) is 1. The van der Waals surface area contributed by atoms with E-state index >= 15 is 0 Å². The van der Waals surface area contributed by atoms with E-state index in [1.165, 1.54) is 5.56 Å². The number of amides is 2. The van der Waals surface area contributed by atoms with E-state index in [2.05, 4.69) is 11.4 Å². The van der Waals surface area contributed by atoms with Gasteiger partial charge in [0.15, 0.2) is 11.5 Å². The van der Waals surface area contributed by atoms with Gasteiger partial charge in [-0.15, -0.1) is 0 Å². The highest BCUT2D eigenvalue weighted by Gasteiger charge is 2.30. The number of urea groups is 1. The normalized spacial score (nSPS) is 16.3. The molecule has 152 valence electrons. The Balaban J connectivity index is 1.40. The lowest BCUT2D eigenvalue weighted by atomic mass is 9.99. The predicted molar refractivity (Wildman–Crippen MR) is 108 cm³/mol. The molecule has 7 nitrogen and oxygen atoms in total. The fourth-order valence-corrected chi connectivity index (χ4v) is 4.36. The SMILES string of the molecule is COc1cc2c(cc1OC)CN(C(=O)Nc1c3c(cc4c1OCC4)OCC3)CC2. The first-order chi connectivity index (χ1) is 14.2. The Morgan fingerprint density at radius 3 is 2.52 bits per heavy atom. The van der Waals surface area contributed by atoms with Crippen LogP contribution in [0.3, 0.4) is 0 Å². The molecule has 0 atom stereocenters. The maximum absolute atomic E-state index is 13.1. The molecule has 0 radical (unpaired) electrons. The summed E-state index contributed by atoms with van der Waals surface area (Å²) in [6.45, 7) is 2.44. The molecule has 3 aliphatic rings. The number of carbonyl (C=O) groups is 1. The van der Waals surface area contributed by atoms with Crippen LogP contribution in [-0.2, 0) is 25.8 Å². The second kappa shape index (κ2) is 7.06. The largest absolute Gasteiger partial charge is 0.493 e. The van der Waals surface area contributed by atoms with Gasteiger partial charge in [-0.2, -0.15) is 0 Å². The summed E-state index contributed by atoms with van der Waals surface area (Å²) in [5, 5.41) is 3.12. The van der Waals surface area contributed by atoms with E-state index in [4.69, 9.17) is 18.9 Å². The van der Waals surface area contributed by atoms with Gasteiger partial charge in [-0.05, 0) is 35.7 Å². The van der Waals surface area contributed by atoms with E-state index in [1.807, 2.05) is 17.0 Å². The smallest absolute Gasteiger partial charge is 0.322 e. The number of nitrogens with zero attached hydrogens (tertiary/aromatic N) is 1. The Bertz CT molecular complexity index is 956. The van der Waals surface area contributed by atoms with Crippen molar-refractivity contribution in [1.82, 2.24) is 4.90 Å². The first-order valence-electron chi connectivity index (χ1n) is 9.92. The maximum atomic E-state index is 13.1. The van der Waals surface area contributed by atoms with Gasteiger partial charge in [-0.3, -0.25) is 0 Å². The van der Waals surface area contributed by atoms with Crippen LogP contribution in [0.1, 0.15) is 22.3 Å². The van der Waals surface area contributed by atoms with E-state index in [-0.39, 0.29) is 6.03 Å². The lowest BCUT2D eigenvalue weighted by Crippen LogP contribution is -2.39. The van der Waals surface area contributed by atoms with Crippen molar-refractivity contribution in [2.45, 2.75) is 25.8 Å². The van der Waals surface area contributed by atoms with Gasteiger partial charge in [-0.25, -0.2) is 4.79 Å². The number of anilines is 1. The Morgan fingerprint density at radius 1 is 0.966 bits per heavy atom. The third-order valence-corrected chi connectivity index (χ3v) is 5.89. The Labute approximate surface area is 169 Å². The lowest BCUT2D eigenvalue weighted by Gasteiger charge is -2.30. The highest BCUT2D eigenvalue weighted by atomic mass is 16.5. The predicted octanol–water partition coefficient (Wildman–Crippen LogP) is 3.16. The van der Waals surface area contributed by atoms with Crippen molar-refractivity contribution in [3.8, 4) is 23.0 Å². The van der Waals surface area contributed by atoms with Crippen molar-refractivity contribution >= 4 is 11.7 Å². The maximum Gasteiger partial charge on any atom is 0.322 e. The minimum absolute atomic E-state index is 0.122. The van der Waals surface area contributed by atoms with Gasteiger partial charge in [0.05, 0.1) is 33.1 Å². The van der Waals surface area contributed by atoms with Crippen molar-refractivity contribution in [1.29, 1.82) is 0 Å². The zero-order valence-electron chi connectivity index (χ0n) is 16.7. The van der Waals surface area contributed by atoms with E-state index < -0.39 is 0 Å². The van der Waals surface area contributed by atoms with Gasteiger partial charge in [0, 0.05) is 37.1 Å². The average molecular weight is 396 g/mol. The minimum Gasteiger partial charge on any atom is -0.493 e. The van der Waals surface area contributed by atoms with Crippen molar-refractivity contribution in [3.63, 3.8) is 0 Å². The van der Waals surface area contributed by atoms with Crippen LogP contribution in [0.4, 0.5) is 10.5 Å². The van der Waals surface area contributed by atoms with Gasteiger partial charge < -0.3 is 29.2 Å². The Kier molecular flexibility index (Phi) is 4.38. The fraction of sp³-hybridized carbons (Fsp3) is 0.409. The van der Waals surface area contributed by atoms with Gasteiger partial charge in [0.25, 0.3) is 0 Å². The molecule has 29 heavy (non-hydrogen) atoms. The summed E-state index contributed by atoms with van der Waals surface area (Å²) in [4.78, 5) is 14.9. The summed E-state index contributed by atoms with van der Waals surface area (Å²) >= 11 is 0. The van der Waals surface area contributed by atoms with Crippen molar-refractivity contribution < 1.29 is 23.7 Å². The number of fused-ring (bicyclic) bond motifs is 3. The van der Waals surface area contributed by atoms with Crippen molar-refractivity contribution in [2.24, 2.45) is 0 Å². The molecule has 0 aromatic heterocycles. The van der Waals surface area contributed by atoms with Crippen LogP contribution in [0.5, 0.6) is 23.0 Å². The van der Waals surface area contributed by atoms with Crippen LogP contribution in [0.15, 0.2) is 18.2 Å². The molecule has 2 aromatic carbocycles. The number of ether oxygens (including phenoxy) is 4. The van der Waals surface area contributed by atoms with E-state index in [0.29, 0.717) is 32.1 Å². The number of benzene rings is 2. The van der Waals surface area contributed by atoms with Gasteiger partial charge in [0.1, 0.15) is 11.5 Å². The summed E-state index contributed by atoms with van der Waals surface area (Å²) in [6.07, 6.45) is 2.39. The molecule has 2 amide bonds. The highest BCUT2D eigenvalue weighted by Crippen LogP contribution is 2.44. The first kappa shape index (κ1) is 18.0. The molecule has 0 saturated carbocycles. The molecule has 0 bridgehead atoms. The molecule has 0 aliphatic carbocycles. The molecular formula is C22H24N2O5. The molecule has 0 spiro atoms. The molecule has 5 rings (SSSR count). The van der Waals surface area contributed by atoms with Crippen LogP contribution >= 0.6 is 0 Å². The Morgan fingerprint density at radius 2 is 1.72 bits per heavy atom. The Hall–Kier alpha value is -3.09. The average Bonchev–Trinajstić information content (AvgIpc) is 3.41. The highest BCUT2D eigenvalue weighted by molar-refractivity contribution is 5.93. The summed E-state index contributed by atoms with van der Waals surface area (Å²) in [6, 6.07) is 5.90. The summed E-state index contributed by atoms with van der Waals surface area (Å²) in [7, 11) is 3.26. The molecule has 7 heteroatoms. The monoisotopic (exact) mass is 396 g/mol. The molecule has 0 fully saturated rings. The third-order valence-electron chi connectivity index (χ3n) is 5.89. The first-order valence-corrected chi connectivity index (χ1v) is 9.92. The van der Waals surface area contributed by atoms with Crippen LogP contribution in [0.25, 0.3) is 0 Å². The van der Waals surface area contributed by atoms with Crippen LogP contribution in [-0.4, -0.2) is 44.9 Å². The minimum atomic E-state index is -0.122. The summed E-state index contributed by atoms with van der Waals surface area (Å²) in [5.41, 5.74) is 5.16. The topological polar surface area (TPSA) is 69.3 Å². The molecule has 1 N–H and O–H groups in total. The third kappa shape index (κ3) is 3.01. The fourth-order valence-electron chi connectivity index (χ4n) is 4.36. The second-order valence-corrected chi connectivity index (χ2v) is 7.49. The number of carbonyl (C=O) groups excluding carboxylic acids is 1. The van der Waals surface area contributed by atoms with Gasteiger partial charge in [0.2, 0.25) is 0 Å². The summed E-state index contributed by atoms with van der Waals surface area (Å²) < 4.78 is 22.4. The molecule has 2 aromatic rings. The molecule has 0 unspecified atom stereocenters. The van der Waals surface area contributed by atoms with Crippen LogP contribution in [0.2, 0.25) is 0 Å². The van der Waals surface area contributed by atoms with E-state index in [9.17, 15) is 4.79 Å². The second-order valence-electron chi connectivity index (χ2n) is 7.49. The van der Waals surface area contributed by atoms with Gasteiger partial charge in [-0.1, -0.05) is 0 Å². The standard InChI is InChI=1S/C22H24N2O5/c1-26-18-9-13-3-6-24(12-15(13)11-19(18)27-2)22(25)23-20-16-5-8-28-17(16)10-14-4-7-29-21(14)20/h9-11H,3-8,12H2,1-2H3,(H,23,25). The number of hydrogen-bond acceptors (Lipinski definition) is 5. The van der Waals surface area contributed by atoms with Crippen LogP contribution in [0, 0.1) is 0 Å². The number of rotatable bonds is 3. The zero-order chi connectivity index (χ0) is 20.0. The lowest BCUT2D eigenvalue weighted by molar-refractivity contribution is 0.206. The van der Waals surface area contributed by atoms with Gasteiger partial charge >= 0.3 is 6.03 Å². The number of methoxy groups -OCH3 is 2.